The SMILES string of the molecule is CC1CCN(C(=O)C2(C)CCCN2)CC1. The van der Waals surface area contributed by atoms with Gasteiger partial charge in [0.1, 0.15) is 0 Å². The molecule has 3 nitrogen and oxygen atoms in total. The zero-order valence-corrected chi connectivity index (χ0v) is 9.88. The van der Waals surface area contributed by atoms with Gasteiger partial charge in [-0.05, 0) is 45.1 Å². The number of hydrogen-bond donors (Lipinski definition) is 1. The molecule has 0 aromatic rings. The minimum atomic E-state index is -0.263. The number of carbonyl (C=O) groups is 1. The van der Waals surface area contributed by atoms with E-state index in [1.807, 2.05) is 0 Å². The number of hydrogen-bond acceptors (Lipinski definition) is 2. The molecule has 1 atom stereocenters. The maximum absolute atomic E-state index is 12.3. The van der Waals surface area contributed by atoms with Crippen LogP contribution in [0.3, 0.4) is 0 Å². The van der Waals surface area contributed by atoms with Gasteiger partial charge in [0, 0.05) is 13.1 Å². The van der Waals surface area contributed by atoms with E-state index >= 15 is 0 Å². The first kappa shape index (κ1) is 10.9. The van der Waals surface area contributed by atoms with Crippen LogP contribution in [-0.2, 0) is 4.79 Å². The van der Waals surface area contributed by atoms with E-state index in [-0.39, 0.29) is 5.54 Å². The molecule has 0 aromatic carbocycles. The summed E-state index contributed by atoms with van der Waals surface area (Å²) in [5.74, 6) is 1.12. The molecule has 0 aromatic heterocycles. The van der Waals surface area contributed by atoms with Gasteiger partial charge >= 0.3 is 0 Å². The molecule has 2 rings (SSSR count). The second-order valence-corrected chi connectivity index (χ2v) is 5.34. The van der Waals surface area contributed by atoms with Gasteiger partial charge in [-0.25, -0.2) is 0 Å². The van der Waals surface area contributed by atoms with Crippen LogP contribution in [0.15, 0.2) is 0 Å². The van der Waals surface area contributed by atoms with Crippen molar-refractivity contribution in [3.63, 3.8) is 0 Å². The quantitative estimate of drug-likeness (QED) is 0.709. The van der Waals surface area contributed by atoms with E-state index in [9.17, 15) is 4.79 Å². The van der Waals surface area contributed by atoms with Crippen molar-refractivity contribution < 1.29 is 4.79 Å². The van der Waals surface area contributed by atoms with Crippen molar-refractivity contribution >= 4 is 5.91 Å². The van der Waals surface area contributed by atoms with E-state index < -0.39 is 0 Å². The van der Waals surface area contributed by atoms with E-state index in [1.54, 1.807) is 0 Å². The van der Waals surface area contributed by atoms with Crippen LogP contribution in [0.2, 0.25) is 0 Å². The smallest absolute Gasteiger partial charge is 0.242 e. The third kappa shape index (κ3) is 2.17. The van der Waals surface area contributed by atoms with Crippen molar-refractivity contribution in [2.24, 2.45) is 5.92 Å². The molecule has 0 bridgehead atoms. The summed E-state index contributed by atoms with van der Waals surface area (Å²) in [4.78, 5) is 14.3. The van der Waals surface area contributed by atoms with E-state index in [4.69, 9.17) is 0 Å². The number of carbonyl (C=O) groups excluding carboxylic acids is 1. The van der Waals surface area contributed by atoms with Gasteiger partial charge in [-0.3, -0.25) is 4.79 Å². The summed E-state index contributed by atoms with van der Waals surface area (Å²) in [6, 6.07) is 0. The summed E-state index contributed by atoms with van der Waals surface area (Å²) in [6.45, 7) is 7.23. The summed E-state index contributed by atoms with van der Waals surface area (Å²) >= 11 is 0. The maximum atomic E-state index is 12.3. The second-order valence-electron chi connectivity index (χ2n) is 5.34. The van der Waals surface area contributed by atoms with E-state index in [0.717, 1.165) is 38.4 Å². The molecule has 3 heteroatoms. The lowest BCUT2D eigenvalue weighted by Gasteiger charge is -2.36. The number of rotatable bonds is 1. The van der Waals surface area contributed by atoms with Crippen LogP contribution in [0.1, 0.15) is 39.5 Å². The van der Waals surface area contributed by atoms with Crippen molar-refractivity contribution in [2.45, 2.75) is 45.1 Å². The van der Waals surface area contributed by atoms with Gasteiger partial charge in [0.15, 0.2) is 0 Å². The van der Waals surface area contributed by atoms with Crippen molar-refractivity contribution in [3.8, 4) is 0 Å². The highest BCUT2D eigenvalue weighted by molar-refractivity contribution is 5.86. The molecule has 2 aliphatic rings. The number of piperidine rings is 1. The average Bonchev–Trinajstić information content (AvgIpc) is 2.67. The van der Waals surface area contributed by atoms with Gasteiger partial charge in [0.25, 0.3) is 0 Å². The Morgan fingerprint density at radius 1 is 1.40 bits per heavy atom. The van der Waals surface area contributed by atoms with Crippen molar-refractivity contribution in [2.75, 3.05) is 19.6 Å². The number of likely N-dealkylation sites (tertiary alicyclic amines) is 1. The van der Waals surface area contributed by atoms with Gasteiger partial charge < -0.3 is 10.2 Å². The highest BCUT2D eigenvalue weighted by atomic mass is 16.2. The lowest BCUT2D eigenvalue weighted by molar-refractivity contribution is -0.138. The molecule has 0 spiro atoms. The van der Waals surface area contributed by atoms with E-state index in [0.29, 0.717) is 5.91 Å². The molecule has 86 valence electrons. The fraction of sp³-hybridized carbons (Fsp3) is 0.917. The lowest BCUT2D eigenvalue weighted by Crippen LogP contribution is -2.54. The Morgan fingerprint density at radius 3 is 2.60 bits per heavy atom. The summed E-state index contributed by atoms with van der Waals surface area (Å²) < 4.78 is 0. The minimum absolute atomic E-state index is 0.263. The predicted octanol–water partition coefficient (Wildman–Crippen LogP) is 1.39. The average molecular weight is 210 g/mol. The molecule has 2 heterocycles. The molecule has 15 heavy (non-hydrogen) atoms. The number of amides is 1. The third-order valence-electron chi connectivity index (χ3n) is 3.91. The summed E-state index contributed by atoms with van der Waals surface area (Å²) in [5, 5.41) is 3.35. The van der Waals surface area contributed by atoms with Gasteiger partial charge in [-0.15, -0.1) is 0 Å². The summed E-state index contributed by atoms with van der Waals surface area (Å²) in [5.41, 5.74) is -0.263. The first-order chi connectivity index (χ1) is 7.12. The Balaban J connectivity index is 1.95. The van der Waals surface area contributed by atoms with Crippen LogP contribution in [0.25, 0.3) is 0 Å². The molecule has 0 radical (unpaired) electrons. The number of nitrogens with one attached hydrogen (secondary N) is 1. The van der Waals surface area contributed by atoms with E-state index in [1.165, 1.54) is 12.8 Å². The fourth-order valence-corrected chi connectivity index (χ4v) is 2.64. The van der Waals surface area contributed by atoms with Gasteiger partial charge in [0.05, 0.1) is 5.54 Å². The standard InChI is InChI=1S/C12H22N2O/c1-10-4-8-14(9-5-10)11(15)12(2)6-3-7-13-12/h10,13H,3-9H2,1-2H3. The van der Waals surface area contributed by atoms with Crippen LogP contribution >= 0.6 is 0 Å². The lowest BCUT2D eigenvalue weighted by atomic mass is 9.94. The normalized spacial score (nSPS) is 33.3. The molecule has 2 aliphatic heterocycles. The molecule has 1 N–H and O–H groups in total. The van der Waals surface area contributed by atoms with E-state index in [2.05, 4.69) is 24.1 Å². The molecule has 2 fully saturated rings. The van der Waals surface area contributed by atoms with Gasteiger partial charge in [-0.1, -0.05) is 6.92 Å². The molecule has 1 amide bonds. The molecule has 0 aliphatic carbocycles. The Morgan fingerprint density at radius 2 is 2.07 bits per heavy atom. The molecule has 1 unspecified atom stereocenters. The molecule has 2 saturated heterocycles. The van der Waals surface area contributed by atoms with Crippen LogP contribution in [-0.4, -0.2) is 36.0 Å². The maximum Gasteiger partial charge on any atom is 0.242 e. The predicted molar refractivity (Wildman–Crippen MR) is 60.6 cm³/mol. The van der Waals surface area contributed by atoms with Crippen molar-refractivity contribution in [1.82, 2.24) is 10.2 Å². The Bertz CT molecular complexity index is 238. The van der Waals surface area contributed by atoms with Crippen LogP contribution < -0.4 is 5.32 Å². The number of nitrogens with zero attached hydrogens (tertiary/aromatic N) is 1. The first-order valence-corrected chi connectivity index (χ1v) is 6.16. The molecule has 0 saturated carbocycles. The second kappa shape index (κ2) is 4.12. The molecular formula is C12H22N2O. The van der Waals surface area contributed by atoms with Crippen molar-refractivity contribution in [1.29, 1.82) is 0 Å². The van der Waals surface area contributed by atoms with Gasteiger partial charge in [0.2, 0.25) is 5.91 Å². The summed E-state index contributed by atoms with van der Waals surface area (Å²) in [7, 11) is 0. The van der Waals surface area contributed by atoms with Gasteiger partial charge in [-0.2, -0.15) is 0 Å². The first-order valence-electron chi connectivity index (χ1n) is 6.16. The highest BCUT2D eigenvalue weighted by Gasteiger charge is 2.39. The van der Waals surface area contributed by atoms with Crippen molar-refractivity contribution in [3.05, 3.63) is 0 Å². The Labute approximate surface area is 92.2 Å². The minimum Gasteiger partial charge on any atom is -0.341 e. The Kier molecular flexibility index (Phi) is 3.01. The molecular weight excluding hydrogens is 188 g/mol. The monoisotopic (exact) mass is 210 g/mol. The zero-order valence-electron chi connectivity index (χ0n) is 9.88. The topological polar surface area (TPSA) is 32.3 Å². The largest absolute Gasteiger partial charge is 0.341 e. The van der Waals surface area contributed by atoms with Crippen LogP contribution in [0, 0.1) is 5.92 Å². The zero-order chi connectivity index (χ0) is 10.9. The fourth-order valence-electron chi connectivity index (χ4n) is 2.64. The third-order valence-corrected chi connectivity index (χ3v) is 3.91. The highest BCUT2D eigenvalue weighted by Crippen LogP contribution is 2.24. The van der Waals surface area contributed by atoms with Crippen LogP contribution in [0.5, 0.6) is 0 Å². The van der Waals surface area contributed by atoms with Crippen LogP contribution in [0.4, 0.5) is 0 Å². The Hall–Kier alpha value is -0.570. The summed E-state index contributed by atoms with van der Waals surface area (Å²) in [6.07, 6.45) is 4.47.